The number of rotatable bonds is 32. The molecule has 14 rings (SSSR count). The van der Waals surface area contributed by atoms with Crippen LogP contribution in [0.15, 0.2) is 200 Å². The Morgan fingerprint density at radius 3 is 1.18 bits per heavy atom. The lowest BCUT2D eigenvalue weighted by Gasteiger charge is -2.39. The van der Waals surface area contributed by atoms with E-state index in [-0.39, 0.29) is 77.5 Å². The molecule has 9 atom stereocenters. The molecule has 0 radical (unpaired) electrons. The topological polar surface area (TPSA) is 229 Å². The van der Waals surface area contributed by atoms with Crippen molar-refractivity contribution in [2.45, 2.75) is 198 Å². The lowest BCUT2D eigenvalue weighted by Crippen LogP contribution is -2.55. The molecule has 0 aliphatic carbocycles. The lowest BCUT2D eigenvalue weighted by atomic mass is 9.87. The molecule has 5 aliphatic heterocycles. The molecular formula is C103H131Cl3N12O8. The maximum Gasteiger partial charge on any atom is 0.407 e. The standard InChI is InChI=1S/C35H45ClN4O2.C34H43ClN4O4.C34H43ClN4O2/c1-4-25(26-8-6-5-7-9-26)23-40-19-16-32(38-33(35(40)42)27-14-17-39(18-15-27)24(2)3)22-37-34(41)30-11-10-29-21-31(36)13-12-28(29)20-30;1-3-5-19-43-34(42)36-17-15-31-33(41)39(23-24(4-2)25-9-7-6-8-10-25)18-16-30(38-31)22-37-32(40)28-12-11-27-21-29(35)14-13-26(27)20-28;1-2-25(26-9-5-3-6-10-26)24-39-20-15-31(37-32(34(39)41)16-19-38-17-7-4-8-18-38)23-36-33(40)29-12-11-28-22-30(35)14-13-27(28)21-29/h5-13,20-21,24-25,27,32-33,38H,4,14-19,22-23H2,1-3H3,(H,37,41);6-14,20-21,24,30-31,38H,3-5,15-19,22-23H2,1-2H3,(H,36,42)(H,37,40);3,5-6,9-14,21-22,25,31-32,37H,2,4,7-8,15-20,23-24H2,1H3,(H,36,40)/t25-,32?,33?;24-,30+,31+;25-,31-,32-/m110/s1. The second-order valence-corrected chi connectivity index (χ2v) is 36.4. The molecule has 2 unspecified atom stereocenters. The second-order valence-electron chi connectivity index (χ2n) is 35.1. The molecule has 0 spiro atoms. The van der Waals surface area contributed by atoms with Crippen molar-refractivity contribution in [3.8, 4) is 0 Å². The summed E-state index contributed by atoms with van der Waals surface area (Å²) in [5.74, 6) is 1.17. The first kappa shape index (κ1) is 95.6. The molecule has 5 saturated heterocycles. The number of halogens is 3. The van der Waals surface area contributed by atoms with Crippen LogP contribution in [-0.4, -0.2) is 213 Å². The minimum Gasteiger partial charge on any atom is -0.450 e. The third-order valence-electron chi connectivity index (χ3n) is 26.1. The normalized spacial score (nSPS) is 20.0. The molecule has 672 valence electrons. The summed E-state index contributed by atoms with van der Waals surface area (Å²) in [7, 11) is 0. The van der Waals surface area contributed by atoms with Crippen LogP contribution in [0.1, 0.15) is 203 Å². The van der Waals surface area contributed by atoms with Gasteiger partial charge >= 0.3 is 6.09 Å². The highest BCUT2D eigenvalue weighted by molar-refractivity contribution is 6.32. The molecule has 9 aromatic rings. The van der Waals surface area contributed by atoms with Crippen molar-refractivity contribution in [2.24, 2.45) is 5.92 Å². The quantitative estimate of drug-likeness (QED) is 0.0195. The van der Waals surface area contributed by atoms with Crippen molar-refractivity contribution < 1.29 is 38.3 Å². The Balaban J connectivity index is 0.000000172. The first-order valence-electron chi connectivity index (χ1n) is 46.3. The number of nitrogens with one attached hydrogen (secondary N) is 7. The van der Waals surface area contributed by atoms with Gasteiger partial charge < -0.3 is 66.5 Å². The zero-order valence-corrected chi connectivity index (χ0v) is 76.7. The summed E-state index contributed by atoms with van der Waals surface area (Å²) in [6.07, 6.45) is 13.4. The number of carbonyl (C=O) groups is 7. The van der Waals surface area contributed by atoms with E-state index in [1.807, 2.05) is 145 Å². The summed E-state index contributed by atoms with van der Waals surface area (Å²) in [5, 5.41) is 30.9. The summed E-state index contributed by atoms with van der Waals surface area (Å²) in [5.41, 5.74) is 5.60. The molecule has 0 saturated carbocycles. The molecule has 9 aromatic carbocycles. The maximum absolute atomic E-state index is 14.1. The van der Waals surface area contributed by atoms with E-state index in [0.717, 1.165) is 142 Å². The van der Waals surface area contributed by atoms with E-state index in [2.05, 4.69) is 152 Å². The van der Waals surface area contributed by atoms with E-state index < -0.39 is 12.1 Å². The van der Waals surface area contributed by atoms with Crippen molar-refractivity contribution in [1.82, 2.24) is 61.7 Å². The molecule has 7 N–H and O–H groups in total. The molecule has 5 heterocycles. The van der Waals surface area contributed by atoms with Crippen molar-refractivity contribution >= 4 is 109 Å². The molecule has 5 aliphatic rings. The van der Waals surface area contributed by atoms with Gasteiger partial charge in [-0.2, -0.15) is 0 Å². The van der Waals surface area contributed by atoms with Crippen LogP contribution in [0.5, 0.6) is 0 Å². The van der Waals surface area contributed by atoms with Gasteiger partial charge in [0.1, 0.15) is 0 Å². The Hall–Kier alpha value is -9.48. The summed E-state index contributed by atoms with van der Waals surface area (Å²) in [6.45, 7) is 24.3. The van der Waals surface area contributed by atoms with E-state index in [1.165, 1.54) is 36.0 Å². The summed E-state index contributed by atoms with van der Waals surface area (Å²) < 4.78 is 5.20. The van der Waals surface area contributed by atoms with Gasteiger partial charge in [0, 0.05) is 146 Å². The molecule has 0 bridgehead atoms. The largest absolute Gasteiger partial charge is 0.450 e. The number of hydrogen-bond donors (Lipinski definition) is 7. The first-order valence-corrected chi connectivity index (χ1v) is 47.4. The predicted octanol–water partition coefficient (Wildman–Crippen LogP) is 17.8. The minimum atomic E-state index is -0.501. The fraction of sp³-hybridized carbons (Fsp3) is 0.466. The fourth-order valence-electron chi connectivity index (χ4n) is 18.3. The molecule has 126 heavy (non-hydrogen) atoms. The van der Waals surface area contributed by atoms with Gasteiger partial charge in [-0.15, -0.1) is 0 Å². The molecule has 5 fully saturated rings. The van der Waals surface area contributed by atoms with Crippen LogP contribution in [0.4, 0.5) is 4.79 Å². The van der Waals surface area contributed by atoms with Crippen molar-refractivity contribution in [3.05, 3.63) is 249 Å². The molecular weight excluding hydrogens is 1640 g/mol. The second kappa shape index (κ2) is 48.6. The van der Waals surface area contributed by atoms with Crippen LogP contribution in [0.3, 0.4) is 0 Å². The average molecular weight is 1770 g/mol. The summed E-state index contributed by atoms with van der Waals surface area (Å²) in [6, 6.07) is 64.7. The number of benzene rings is 9. The van der Waals surface area contributed by atoms with Crippen LogP contribution < -0.4 is 37.2 Å². The number of carbonyl (C=O) groups excluding carboxylic acids is 7. The number of amides is 7. The van der Waals surface area contributed by atoms with E-state index in [0.29, 0.717) is 121 Å². The number of likely N-dealkylation sites (tertiary alicyclic amines) is 2. The Labute approximate surface area is 761 Å². The predicted molar refractivity (Wildman–Crippen MR) is 511 cm³/mol. The van der Waals surface area contributed by atoms with E-state index >= 15 is 0 Å². The molecule has 23 heteroatoms. The monoisotopic (exact) mass is 1770 g/mol. The van der Waals surface area contributed by atoms with E-state index in [4.69, 9.17) is 39.5 Å². The first-order chi connectivity index (χ1) is 61.2. The van der Waals surface area contributed by atoms with Crippen LogP contribution in [0.25, 0.3) is 32.3 Å². The van der Waals surface area contributed by atoms with Gasteiger partial charge in [0.25, 0.3) is 17.7 Å². The number of alkyl carbamates (subject to hydrolysis) is 1. The van der Waals surface area contributed by atoms with Gasteiger partial charge in [0.2, 0.25) is 17.7 Å². The number of unbranched alkanes of at least 4 members (excludes halogenated alkanes) is 1. The zero-order valence-electron chi connectivity index (χ0n) is 74.5. The van der Waals surface area contributed by atoms with Crippen LogP contribution >= 0.6 is 34.8 Å². The van der Waals surface area contributed by atoms with Crippen molar-refractivity contribution in [3.63, 3.8) is 0 Å². The Morgan fingerprint density at radius 2 is 0.794 bits per heavy atom. The number of hydrogen-bond acceptors (Lipinski definition) is 13. The smallest absolute Gasteiger partial charge is 0.407 e. The minimum absolute atomic E-state index is 0.0116. The van der Waals surface area contributed by atoms with E-state index in [1.54, 1.807) is 6.07 Å². The third-order valence-corrected chi connectivity index (χ3v) is 26.8. The molecule has 7 amide bonds. The SMILES string of the molecule is CCCCOC(=O)NCC[C@@H]1N[C@H](CNC(=O)c2ccc3cc(Cl)ccc3c2)CCN(C[C@@H](CC)c2ccccc2)C1=O.CC[C@@H](CN1CC[C@@H](CNC(=O)c2ccc3cc(Cl)ccc3c2)N[C@@H](CCN2CCCCC2)C1=O)c1ccccc1.CC[C@H](CN1CCC(CNC(=O)c2ccc3cc(Cl)ccc3c2)NC(C2CCN(C(C)C)CC2)C1=O)c1ccccc1. The highest BCUT2D eigenvalue weighted by Crippen LogP contribution is 2.32. The van der Waals surface area contributed by atoms with Gasteiger partial charge in [-0.1, -0.05) is 203 Å². The third kappa shape index (κ3) is 27.8. The molecule has 0 aromatic heterocycles. The number of ether oxygens (including phenoxy) is 1. The number of piperidine rings is 2. The van der Waals surface area contributed by atoms with Gasteiger partial charge in [0.15, 0.2) is 0 Å². The maximum atomic E-state index is 14.1. The van der Waals surface area contributed by atoms with Gasteiger partial charge in [-0.25, -0.2) is 4.79 Å². The van der Waals surface area contributed by atoms with Gasteiger partial charge in [0.05, 0.1) is 24.7 Å². The Morgan fingerprint density at radius 1 is 0.421 bits per heavy atom. The Bertz CT molecular complexity index is 5020. The van der Waals surface area contributed by atoms with Crippen molar-refractivity contribution in [2.75, 3.05) is 105 Å². The molecule has 20 nitrogen and oxygen atoms in total. The van der Waals surface area contributed by atoms with Crippen LogP contribution in [0, 0.1) is 5.92 Å². The summed E-state index contributed by atoms with van der Waals surface area (Å²) in [4.78, 5) is 104. The zero-order chi connectivity index (χ0) is 88.9. The van der Waals surface area contributed by atoms with E-state index in [9.17, 15) is 33.6 Å². The lowest BCUT2D eigenvalue weighted by molar-refractivity contribution is -0.135. The highest BCUT2D eigenvalue weighted by Gasteiger charge is 2.40. The number of fused-ring (bicyclic) bond motifs is 3. The van der Waals surface area contributed by atoms with Crippen molar-refractivity contribution in [1.29, 1.82) is 0 Å². The highest BCUT2D eigenvalue weighted by atomic mass is 35.5. The average Bonchev–Trinajstić information content (AvgIpc) is 1.30. The Kier molecular flexibility index (Phi) is 36.9. The van der Waals surface area contributed by atoms with Gasteiger partial charge in [-0.05, 0) is 251 Å². The fourth-order valence-corrected chi connectivity index (χ4v) is 18.9. The number of nitrogens with zero attached hydrogens (tertiary/aromatic N) is 5. The summed E-state index contributed by atoms with van der Waals surface area (Å²) >= 11 is 18.4. The van der Waals surface area contributed by atoms with Gasteiger partial charge in [-0.3, -0.25) is 28.8 Å². The van der Waals surface area contributed by atoms with Crippen LogP contribution in [-0.2, 0) is 19.1 Å². The van der Waals surface area contributed by atoms with Crippen LogP contribution in [0.2, 0.25) is 15.1 Å².